The van der Waals surface area contributed by atoms with Gasteiger partial charge in [-0.3, -0.25) is 9.89 Å². The van der Waals surface area contributed by atoms with Crippen molar-refractivity contribution >= 4 is 40.6 Å². The van der Waals surface area contributed by atoms with E-state index in [4.69, 9.17) is 0 Å². The molecule has 4 heterocycles. The summed E-state index contributed by atoms with van der Waals surface area (Å²) < 4.78 is 11.0. The first-order valence-corrected chi connectivity index (χ1v) is 9.62. The first-order chi connectivity index (χ1) is 12.3. The number of hydrogen-bond donors (Lipinski definition) is 1. The highest BCUT2D eigenvalue weighted by Gasteiger charge is 2.42. The van der Waals surface area contributed by atoms with E-state index in [9.17, 15) is 4.79 Å². The molecule has 0 saturated carbocycles. The van der Waals surface area contributed by atoms with Crippen LogP contribution in [0.3, 0.4) is 0 Å². The summed E-state index contributed by atoms with van der Waals surface area (Å²) in [6, 6.07) is 6.95. The molecule has 128 valence electrons. The van der Waals surface area contributed by atoms with Gasteiger partial charge in [-0.25, -0.2) is 4.31 Å². The number of benzene rings is 1. The zero-order valence-corrected chi connectivity index (χ0v) is 14.8. The second-order valence-electron chi connectivity index (χ2n) is 6.33. The zero-order valence-electron chi connectivity index (χ0n) is 13.2. The maximum absolute atomic E-state index is 12.5. The third kappa shape index (κ3) is 2.70. The molecule has 8 nitrogen and oxygen atoms in total. The van der Waals surface area contributed by atoms with Gasteiger partial charge in [-0.15, -0.1) is 5.10 Å². The van der Waals surface area contributed by atoms with Gasteiger partial charge in [0.15, 0.2) is 0 Å². The summed E-state index contributed by atoms with van der Waals surface area (Å²) in [5, 5.41) is 10.0. The maximum Gasteiger partial charge on any atom is 0.273 e. The van der Waals surface area contributed by atoms with E-state index in [1.165, 1.54) is 22.8 Å². The minimum absolute atomic E-state index is 0.0125. The van der Waals surface area contributed by atoms with Crippen molar-refractivity contribution < 1.29 is 4.79 Å². The first kappa shape index (κ1) is 15.2. The fourth-order valence-electron chi connectivity index (χ4n) is 3.59. The molecule has 10 heteroatoms. The molecular formula is C15H15N7OS2. The Balaban J connectivity index is 1.32. The standard InChI is InChI=1S/C15H15N7OS2/c23-15(14-6-16-20-17-14)21-7-9-1-2-10(8-21)22(9)24-11-3-4-12-13(5-11)19-25-18-12/h3-6,9-10H,1-2,7-8H2,(H,16,17,20). The molecule has 0 aliphatic carbocycles. The van der Waals surface area contributed by atoms with Gasteiger partial charge in [0.25, 0.3) is 5.91 Å². The lowest BCUT2D eigenvalue weighted by Gasteiger charge is -2.39. The number of nitrogens with zero attached hydrogens (tertiary/aromatic N) is 6. The average Bonchev–Trinajstić information content (AvgIpc) is 3.34. The molecular weight excluding hydrogens is 358 g/mol. The Morgan fingerprint density at radius 2 is 2.00 bits per heavy atom. The molecule has 2 aliphatic heterocycles. The van der Waals surface area contributed by atoms with E-state index in [-0.39, 0.29) is 5.91 Å². The zero-order chi connectivity index (χ0) is 16.8. The Morgan fingerprint density at radius 3 is 2.76 bits per heavy atom. The second-order valence-corrected chi connectivity index (χ2v) is 7.94. The number of rotatable bonds is 3. The van der Waals surface area contributed by atoms with Crippen molar-refractivity contribution in [2.24, 2.45) is 0 Å². The van der Waals surface area contributed by atoms with Crippen LogP contribution in [0, 0.1) is 0 Å². The van der Waals surface area contributed by atoms with Gasteiger partial charge in [0.2, 0.25) is 0 Å². The Kier molecular flexibility index (Phi) is 3.68. The minimum Gasteiger partial charge on any atom is -0.334 e. The molecule has 1 N–H and O–H groups in total. The molecule has 2 atom stereocenters. The Labute approximate surface area is 152 Å². The van der Waals surface area contributed by atoms with Gasteiger partial charge in [0.1, 0.15) is 16.7 Å². The van der Waals surface area contributed by atoms with E-state index in [0.29, 0.717) is 17.8 Å². The smallest absolute Gasteiger partial charge is 0.273 e. The van der Waals surface area contributed by atoms with Crippen LogP contribution in [0.25, 0.3) is 11.0 Å². The third-order valence-electron chi connectivity index (χ3n) is 4.78. The number of aromatic amines is 1. The van der Waals surface area contributed by atoms with Crippen LogP contribution < -0.4 is 0 Å². The molecule has 1 aromatic carbocycles. The first-order valence-electron chi connectivity index (χ1n) is 8.12. The maximum atomic E-state index is 12.5. The molecule has 2 bridgehead atoms. The van der Waals surface area contributed by atoms with Gasteiger partial charge in [0, 0.05) is 30.1 Å². The molecule has 3 aromatic rings. The quantitative estimate of drug-likeness (QED) is 0.700. The minimum atomic E-state index is -0.0125. The van der Waals surface area contributed by atoms with E-state index in [1.807, 2.05) is 11.0 Å². The molecule has 25 heavy (non-hydrogen) atoms. The second kappa shape index (κ2) is 6.04. The summed E-state index contributed by atoms with van der Waals surface area (Å²) >= 11 is 3.02. The van der Waals surface area contributed by atoms with E-state index in [2.05, 4.69) is 40.6 Å². The number of H-pyrrole nitrogens is 1. The Bertz CT molecular complexity index is 898. The van der Waals surface area contributed by atoms with Gasteiger partial charge >= 0.3 is 0 Å². The van der Waals surface area contributed by atoms with Crippen LogP contribution in [-0.4, -0.2) is 64.4 Å². The molecule has 2 fully saturated rings. The van der Waals surface area contributed by atoms with E-state index >= 15 is 0 Å². The molecule has 5 rings (SSSR count). The Morgan fingerprint density at radius 1 is 1.20 bits per heavy atom. The van der Waals surface area contributed by atoms with Crippen molar-refractivity contribution in [2.75, 3.05) is 13.1 Å². The van der Waals surface area contributed by atoms with Crippen LogP contribution in [0.5, 0.6) is 0 Å². The molecule has 2 saturated heterocycles. The number of hydrogen-bond acceptors (Lipinski definition) is 8. The van der Waals surface area contributed by atoms with Crippen LogP contribution in [-0.2, 0) is 0 Å². The third-order valence-corrected chi connectivity index (χ3v) is 6.61. The van der Waals surface area contributed by atoms with E-state index in [1.54, 1.807) is 11.9 Å². The van der Waals surface area contributed by atoms with Crippen molar-refractivity contribution in [1.82, 2.24) is 33.4 Å². The van der Waals surface area contributed by atoms with Crippen molar-refractivity contribution in [3.8, 4) is 0 Å². The summed E-state index contributed by atoms with van der Waals surface area (Å²) in [7, 11) is 0. The van der Waals surface area contributed by atoms with Gasteiger partial charge in [-0.1, -0.05) is 5.21 Å². The summed E-state index contributed by atoms with van der Waals surface area (Å²) in [4.78, 5) is 15.6. The van der Waals surface area contributed by atoms with E-state index < -0.39 is 0 Å². The lowest BCUT2D eigenvalue weighted by molar-refractivity contribution is 0.0622. The predicted octanol–water partition coefficient (Wildman–Crippen LogP) is 1.81. The number of amides is 1. The largest absolute Gasteiger partial charge is 0.334 e. The van der Waals surface area contributed by atoms with Crippen LogP contribution in [0.2, 0.25) is 0 Å². The number of likely N-dealkylation sites (tertiary alicyclic amines) is 1. The molecule has 2 aliphatic rings. The van der Waals surface area contributed by atoms with Gasteiger partial charge in [-0.05, 0) is 43.0 Å². The number of carbonyl (C=O) groups is 1. The average molecular weight is 373 g/mol. The van der Waals surface area contributed by atoms with Gasteiger partial charge < -0.3 is 4.90 Å². The van der Waals surface area contributed by atoms with Crippen molar-refractivity contribution in [3.63, 3.8) is 0 Å². The highest BCUT2D eigenvalue weighted by atomic mass is 32.2. The molecule has 0 radical (unpaired) electrons. The SMILES string of the molecule is O=C(c1cnn[nH]1)N1CC2CCC(C1)N2Sc1ccc2nsnc2c1. The highest BCUT2D eigenvalue weighted by Crippen LogP contribution is 2.39. The topological polar surface area (TPSA) is 90.9 Å². The van der Waals surface area contributed by atoms with Crippen molar-refractivity contribution in [1.29, 1.82) is 0 Å². The molecule has 0 spiro atoms. The number of aromatic nitrogens is 5. The fourth-order valence-corrected chi connectivity index (χ4v) is 5.29. The monoisotopic (exact) mass is 373 g/mol. The summed E-state index contributed by atoms with van der Waals surface area (Å²) in [6.07, 6.45) is 3.72. The molecule has 2 aromatic heterocycles. The highest BCUT2D eigenvalue weighted by molar-refractivity contribution is 7.97. The number of carbonyl (C=O) groups excluding carboxylic acids is 1. The van der Waals surface area contributed by atoms with Crippen molar-refractivity contribution in [2.45, 2.75) is 29.8 Å². The number of fused-ring (bicyclic) bond motifs is 3. The van der Waals surface area contributed by atoms with Crippen LogP contribution in [0.1, 0.15) is 23.3 Å². The lowest BCUT2D eigenvalue weighted by Crippen LogP contribution is -2.52. The fraction of sp³-hybridized carbons (Fsp3) is 0.400. The number of piperazine rings is 1. The summed E-state index contributed by atoms with van der Waals surface area (Å²) in [6.45, 7) is 1.48. The summed E-state index contributed by atoms with van der Waals surface area (Å²) in [5.41, 5.74) is 2.35. The molecule has 2 unspecified atom stereocenters. The van der Waals surface area contributed by atoms with Gasteiger partial charge in [-0.2, -0.15) is 8.75 Å². The van der Waals surface area contributed by atoms with Crippen molar-refractivity contribution in [3.05, 3.63) is 30.1 Å². The van der Waals surface area contributed by atoms with E-state index in [0.717, 1.165) is 37.0 Å². The molecule has 1 amide bonds. The lowest BCUT2D eigenvalue weighted by atomic mass is 10.2. The van der Waals surface area contributed by atoms with Crippen LogP contribution in [0.4, 0.5) is 0 Å². The van der Waals surface area contributed by atoms with Crippen LogP contribution >= 0.6 is 23.7 Å². The predicted molar refractivity (Wildman–Crippen MR) is 94.2 cm³/mol. The summed E-state index contributed by atoms with van der Waals surface area (Å²) in [5.74, 6) is -0.0125. The van der Waals surface area contributed by atoms with Crippen LogP contribution in [0.15, 0.2) is 29.3 Å². The number of nitrogens with one attached hydrogen (secondary N) is 1. The Hall–Kier alpha value is -2.04. The van der Waals surface area contributed by atoms with Gasteiger partial charge in [0.05, 0.1) is 17.9 Å². The normalized spacial score (nSPS) is 23.4.